The topological polar surface area (TPSA) is 78.9 Å². The molecule has 0 bridgehead atoms. The van der Waals surface area contributed by atoms with Crippen LogP contribution in [0.5, 0.6) is 0 Å². The maximum atomic E-state index is 12.0. The molecule has 1 unspecified atom stereocenters. The number of carbonyl (C=O) groups excluding carboxylic acids is 3. The van der Waals surface area contributed by atoms with E-state index in [4.69, 9.17) is 4.74 Å². The van der Waals surface area contributed by atoms with Gasteiger partial charge in [-0.15, -0.1) is 0 Å². The molecule has 23 heavy (non-hydrogen) atoms. The summed E-state index contributed by atoms with van der Waals surface area (Å²) in [7, 11) is 2.41. The quantitative estimate of drug-likeness (QED) is 0.356. The average molecular weight is 316 g/mol. The minimum atomic E-state index is -1.30. The van der Waals surface area contributed by atoms with Gasteiger partial charge in [0.1, 0.15) is 5.57 Å². The molecule has 0 aromatic heterocycles. The van der Waals surface area contributed by atoms with Gasteiger partial charge in [-0.3, -0.25) is 0 Å². The van der Waals surface area contributed by atoms with E-state index in [9.17, 15) is 14.4 Å². The standard InChI is InChI=1S/C17H16O6/c1-11(14(18)21-2)9-17(12-7-5-4-6-8-12)10-13(15(19)22-3)16(20)23-17/h4-8,10H,1,9H2,2-3H3. The lowest BCUT2D eigenvalue weighted by molar-refractivity contribution is -0.151. The highest BCUT2D eigenvalue weighted by Gasteiger charge is 2.45. The highest BCUT2D eigenvalue weighted by atomic mass is 16.6. The molecule has 0 spiro atoms. The van der Waals surface area contributed by atoms with Gasteiger partial charge in [0, 0.05) is 12.0 Å². The summed E-state index contributed by atoms with van der Waals surface area (Å²) in [5.74, 6) is -2.22. The van der Waals surface area contributed by atoms with E-state index >= 15 is 0 Å². The molecule has 1 atom stereocenters. The van der Waals surface area contributed by atoms with Crippen molar-refractivity contribution in [2.24, 2.45) is 0 Å². The molecule has 6 nitrogen and oxygen atoms in total. The van der Waals surface area contributed by atoms with Crippen molar-refractivity contribution in [1.29, 1.82) is 0 Å². The van der Waals surface area contributed by atoms with Gasteiger partial charge in [0.05, 0.1) is 14.2 Å². The van der Waals surface area contributed by atoms with Crippen LogP contribution in [0.4, 0.5) is 0 Å². The number of carbonyl (C=O) groups is 3. The van der Waals surface area contributed by atoms with E-state index in [0.717, 1.165) is 0 Å². The maximum Gasteiger partial charge on any atom is 0.346 e. The first-order valence-electron chi connectivity index (χ1n) is 6.79. The molecule has 6 heteroatoms. The van der Waals surface area contributed by atoms with Crippen molar-refractivity contribution in [2.45, 2.75) is 12.0 Å². The Balaban J connectivity index is 2.48. The van der Waals surface area contributed by atoms with E-state index < -0.39 is 23.5 Å². The minimum absolute atomic E-state index is 0.0318. The molecule has 1 aromatic carbocycles. The Labute approximate surface area is 133 Å². The molecule has 1 aromatic rings. The number of ether oxygens (including phenoxy) is 3. The van der Waals surface area contributed by atoms with Gasteiger partial charge in [0.2, 0.25) is 0 Å². The van der Waals surface area contributed by atoms with Crippen molar-refractivity contribution >= 4 is 17.9 Å². The molecule has 2 rings (SSSR count). The van der Waals surface area contributed by atoms with Crippen molar-refractivity contribution in [3.05, 3.63) is 59.7 Å². The molecule has 0 saturated carbocycles. The first kappa shape index (κ1) is 16.5. The minimum Gasteiger partial charge on any atom is -0.466 e. The molecule has 0 fully saturated rings. The third-order valence-corrected chi connectivity index (χ3v) is 3.49. The molecule has 1 aliphatic rings. The zero-order valence-electron chi connectivity index (χ0n) is 12.8. The van der Waals surface area contributed by atoms with E-state index in [0.29, 0.717) is 5.56 Å². The third-order valence-electron chi connectivity index (χ3n) is 3.49. The number of esters is 3. The second kappa shape index (κ2) is 6.48. The largest absolute Gasteiger partial charge is 0.466 e. The van der Waals surface area contributed by atoms with Crippen molar-refractivity contribution in [3.63, 3.8) is 0 Å². The molecule has 1 heterocycles. The monoisotopic (exact) mass is 316 g/mol. The lowest BCUT2D eigenvalue weighted by Gasteiger charge is -2.27. The summed E-state index contributed by atoms with van der Waals surface area (Å²) in [6.07, 6.45) is 1.33. The molecule has 0 amide bonds. The Morgan fingerprint density at radius 1 is 1.17 bits per heavy atom. The Kier molecular flexibility index (Phi) is 4.64. The molecule has 0 N–H and O–H groups in total. The van der Waals surface area contributed by atoms with Crippen LogP contribution >= 0.6 is 0 Å². The first-order chi connectivity index (χ1) is 10.9. The van der Waals surface area contributed by atoms with Gasteiger partial charge in [0.15, 0.2) is 5.60 Å². The van der Waals surface area contributed by atoms with E-state index in [1.807, 2.05) is 0 Å². The smallest absolute Gasteiger partial charge is 0.346 e. The van der Waals surface area contributed by atoms with Crippen LogP contribution < -0.4 is 0 Å². The second-order valence-electron chi connectivity index (χ2n) is 4.97. The fourth-order valence-electron chi connectivity index (χ4n) is 2.38. The fourth-order valence-corrected chi connectivity index (χ4v) is 2.38. The van der Waals surface area contributed by atoms with Crippen LogP contribution in [0, 0.1) is 0 Å². The zero-order chi connectivity index (χ0) is 17.0. The van der Waals surface area contributed by atoms with Crippen LogP contribution in [-0.2, 0) is 34.2 Å². The lowest BCUT2D eigenvalue weighted by Crippen LogP contribution is -2.27. The van der Waals surface area contributed by atoms with E-state index in [1.54, 1.807) is 30.3 Å². The van der Waals surface area contributed by atoms with Crippen molar-refractivity contribution in [3.8, 4) is 0 Å². The van der Waals surface area contributed by atoms with Crippen molar-refractivity contribution < 1.29 is 28.6 Å². The van der Waals surface area contributed by atoms with Crippen LogP contribution in [0.15, 0.2) is 54.1 Å². The van der Waals surface area contributed by atoms with Gasteiger partial charge >= 0.3 is 17.9 Å². The maximum absolute atomic E-state index is 12.0. The molecule has 0 saturated heterocycles. The summed E-state index contributed by atoms with van der Waals surface area (Å²) in [6.45, 7) is 3.66. The summed E-state index contributed by atoms with van der Waals surface area (Å²) in [4.78, 5) is 35.4. The molecule has 0 aliphatic carbocycles. The Morgan fingerprint density at radius 3 is 2.39 bits per heavy atom. The number of rotatable bonds is 5. The predicted molar refractivity (Wildman–Crippen MR) is 80.1 cm³/mol. The number of hydrogen-bond acceptors (Lipinski definition) is 6. The van der Waals surface area contributed by atoms with Crippen molar-refractivity contribution in [1.82, 2.24) is 0 Å². The molecule has 0 radical (unpaired) electrons. The lowest BCUT2D eigenvalue weighted by atomic mass is 9.87. The van der Waals surface area contributed by atoms with E-state index in [2.05, 4.69) is 16.1 Å². The summed E-state index contributed by atoms with van der Waals surface area (Å²) in [5, 5.41) is 0. The van der Waals surface area contributed by atoms with Crippen LogP contribution in [0.2, 0.25) is 0 Å². The van der Waals surface area contributed by atoms with Gasteiger partial charge in [-0.05, 0) is 11.6 Å². The van der Waals surface area contributed by atoms with Gasteiger partial charge in [0.25, 0.3) is 0 Å². The average Bonchev–Trinajstić information content (AvgIpc) is 2.91. The highest BCUT2D eigenvalue weighted by Crippen LogP contribution is 2.40. The first-order valence-corrected chi connectivity index (χ1v) is 6.79. The molecular formula is C17H16O6. The molecular weight excluding hydrogens is 300 g/mol. The fraction of sp³-hybridized carbons (Fsp3) is 0.235. The van der Waals surface area contributed by atoms with Gasteiger partial charge in [-0.1, -0.05) is 36.9 Å². The molecule has 120 valence electrons. The van der Waals surface area contributed by atoms with Crippen LogP contribution in [0.1, 0.15) is 12.0 Å². The van der Waals surface area contributed by atoms with Crippen LogP contribution in [-0.4, -0.2) is 32.1 Å². The summed E-state index contributed by atoms with van der Waals surface area (Å²) < 4.78 is 14.7. The Hall–Kier alpha value is -2.89. The normalized spacial score (nSPS) is 19.6. The second-order valence-corrected chi connectivity index (χ2v) is 4.97. The van der Waals surface area contributed by atoms with Crippen LogP contribution in [0.25, 0.3) is 0 Å². The predicted octanol–water partition coefficient (Wildman–Crippen LogP) is 1.66. The SMILES string of the molecule is C=C(CC1(c2ccccc2)C=C(C(=O)OC)C(=O)O1)C(=O)OC. The number of cyclic esters (lactones) is 1. The van der Waals surface area contributed by atoms with Gasteiger partial charge in [-0.25, -0.2) is 14.4 Å². The van der Waals surface area contributed by atoms with Gasteiger partial charge < -0.3 is 14.2 Å². The number of benzene rings is 1. The Morgan fingerprint density at radius 2 is 1.83 bits per heavy atom. The summed E-state index contributed by atoms with van der Waals surface area (Å²) in [5.41, 5.74) is -0.787. The summed E-state index contributed by atoms with van der Waals surface area (Å²) in [6, 6.07) is 8.78. The third kappa shape index (κ3) is 3.15. The number of methoxy groups -OCH3 is 2. The van der Waals surface area contributed by atoms with E-state index in [1.165, 1.54) is 20.3 Å². The zero-order valence-corrected chi connectivity index (χ0v) is 12.8. The number of hydrogen-bond donors (Lipinski definition) is 0. The van der Waals surface area contributed by atoms with E-state index in [-0.39, 0.29) is 17.6 Å². The Bertz CT molecular complexity index is 688. The summed E-state index contributed by atoms with van der Waals surface area (Å²) >= 11 is 0. The van der Waals surface area contributed by atoms with Crippen molar-refractivity contribution in [2.75, 3.05) is 14.2 Å². The van der Waals surface area contributed by atoms with Gasteiger partial charge in [-0.2, -0.15) is 0 Å². The van der Waals surface area contributed by atoms with Crippen LogP contribution in [0.3, 0.4) is 0 Å². The molecule has 1 aliphatic heterocycles. The highest BCUT2D eigenvalue weighted by molar-refractivity contribution is 6.15.